The quantitative estimate of drug-likeness (QED) is 0.148. The van der Waals surface area contributed by atoms with E-state index in [1.165, 1.54) is 4.88 Å². The summed E-state index contributed by atoms with van der Waals surface area (Å²) in [7, 11) is 0. The van der Waals surface area contributed by atoms with Gasteiger partial charge in [0.05, 0.1) is 23.5 Å². The van der Waals surface area contributed by atoms with E-state index in [1.54, 1.807) is 80.6 Å². The van der Waals surface area contributed by atoms with E-state index >= 15 is 0 Å². The molecule has 0 bridgehead atoms. The lowest BCUT2D eigenvalue weighted by molar-refractivity contribution is -0.121. The Kier molecular flexibility index (Phi) is 10.1. The molecule has 5 aromatic rings. The second-order valence-corrected chi connectivity index (χ2v) is 14.8. The first-order valence-electron chi connectivity index (χ1n) is 16.4. The Labute approximate surface area is 305 Å². The highest BCUT2D eigenvalue weighted by atomic mass is 35.5. The number of hydrogen-bond donors (Lipinski definition) is 3. The van der Waals surface area contributed by atoms with E-state index in [0.29, 0.717) is 27.8 Å². The summed E-state index contributed by atoms with van der Waals surface area (Å²) in [6, 6.07) is 20.8. The van der Waals surface area contributed by atoms with Crippen molar-refractivity contribution in [3.05, 3.63) is 122 Å². The Morgan fingerprint density at radius 2 is 1.57 bits per heavy atom. The summed E-state index contributed by atoms with van der Waals surface area (Å²) in [5, 5.41) is 19.0. The molecule has 0 aliphatic carbocycles. The zero-order valence-corrected chi connectivity index (χ0v) is 30.7. The first-order valence-corrected chi connectivity index (χ1v) is 17.6. The number of fused-ring (bicyclic) bond motifs is 3. The lowest BCUT2D eigenvalue weighted by Gasteiger charge is -2.20. The molecule has 51 heavy (non-hydrogen) atoms. The molecule has 13 heteroatoms. The normalized spacial score (nSPS) is 13.7. The fourth-order valence-corrected chi connectivity index (χ4v) is 7.00. The van der Waals surface area contributed by atoms with Crippen LogP contribution in [0.2, 0.25) is 5.02 Å². The van der Waals surface area contributed by atoms with Gasteiger partial charge in [0, 0.05) is 33.1 Å². The van der Waals surface area contributed by atoms with Crippen molar-refractivity contribution in [2.45, 2.75) is 66.2 Å². The van der Waals surface area contributed by atoms with Crippen LogP contribution in [0, 0.1) is 20.8 Å². The molecule has 1 atom stereocenters. The Balaban J connectivity index is 1.14. The van der Waals surface area contributed by atoms with Gasteiger partial charge in [0.25, 0.3) is 5.91 Å². The fraction of sp³-hybridized carbons (Fsp3) is 0.263. The number of benzene rings is 3. The molecule has 262 valence electrons. The van der Waals surface area contributed by atoms with Crippen molar-refractivity contribution in [2.75, 3.05) is 10.6 Å². The maximum absolute atomic E-state index is 13.4. The minimum Gasteiger partial charge on any atom is -0.444 e. The van der Waals surface area contributed by atoms with Crippen LogP contribution in [0.3, 0.4) is 0 Å². The average Bonchev–Trinajstić information content (AvgIpc) is 3.56. The van der Waals surface area contributed by atoms with Gasteiger partial charge in [0.1, 0.15) is 22.5 Å². The third kappa shape index (κ3) is 8.03. The number of rotatable bonds is 8. The summed E-state index contributed by atoms with van der Waals surface area (Å²) in [6.45, 7) is 11.6. The first-order chi connectivity index (χ1) is 24.3. The van der Waals surface area contributed by atoms with E-state index in [4.69, 9.17) is 21.3 Å². The van der Waals surface area contributed by atoms with Crippen molar-refractivity contribution < 1.29 is 19.1 Å². The first kappa shape index (κ1) is 35.5. The summed E-state index contributed by atoms with van der Waals surface area (Å²) < 4.78 is 7.35. The summed E-state index contributed by atoms with van der Waals surface area (Å²) in [5.74, 6) is 0.760. The van der Waals surface area contributed by atoms with Gasteiger partial charge >= 0.3 is 6.09 Å². The number of hydrogen-bond acceptors (Lipinski definition) is 8. The zero-order valence-electron chi connectivity index (χ0n) is 29.1. The van der Waals surface area contributed by atoms with Crippen LogP contribution in [0.15, 0.2) is 77.8 Å². The van der Waals surface area contributed by atoms with Crippen LogP contribution in [-0.2, 0) is 16.1 Å². The van der Waals surface area contributed by atoms with Crippen LogP contribution >= 0.6 is 22.9 Å². The van der Waals surface area contributed by atoms with E-state index in [-0.39, 0.29) is 24.8 Å². The third-order valence-corrected chi connectivity index (χ3v) is 9.70. The van der Waals surface area contributed by atoms with Crippen molar-refractivity contribution in [2.24, 2.45) is 4.99 Å². The van der Waals surface area contributed by atoms with Crippen molar-refractivity contribution in [3.63, 3.8) is 0 Å². The number of thiophene rings is 1. The number of carbonyl (C=O) groups is 3. The van der Waals surface area contributed by atoms with Gasteiger partial charge < -0.3 is 15.4 Å². The van der Waals surface area contributed by atoms with Crippen molar-refractivity contribution in [1.82, 2.24) is 20.1 Å². The lowest BCUT2D eigenvalue weighted by atomic mass is 9.99. The molecule has 3 amide bonds. The highest BCUT2D eigenvalue weighted by molar-refractivity contribution is 7.15. The molecule has 3 N–H and O–H groups in total. The number of aliphatic imine (C=N–C) groups is 1. The Bertz CT molecular complexity index is 2150. The zero-order chi connectivity index (χ0) is 36.4. The molecule has 0 unspecified atom stereocenters. The van der Waals surface area contributed by atoms with Crippen molar-refractivity contribution >= 4 is 57.9 Å². The largest absolute Gasteiger partial charge is 0.444 e. The Morgan fingerprint density at radius 1 is 0.902 bits per heavy atom. The molecular weight excluding hydrogens is 686 g/mol. The second-order valence-electron chi connectivity index (χ2n) is 13.2. The summed E-state index contributed by atoms with van der Waals surface area (Å²) in [4.78, 5) is 45.2. The molecule has 1 aliphatic rings. The van der Waals surface area contributed by atoms with Crippen LogP contribution in [0.25, 0.3) is 5.00 Å². The standard InChI is InChI=1S/C38H38ClN7O4S/c1-21-22(2)51-36-32(21)33(25-15-17-27(39)18-16-25)41-30(34-45-44-23(3)46(34)36)19-31(47)40-20-24-11-13-26(14-12-24)35(48)42-28-9-7-8-10-29(28)43-37(49)50-38(4,5)6/h7-18,30H,19-20H2,1-6H3,(H,40,47)(H,42,48)(H,43,49)/t30-/m0/s1. The molecule has 3 aromatic carbocycles. The number of amides is 3. The number of nitrogens with zero attached hydrogens (tertiary/aromatic N) is 4. The number of nitrogens with one attached hydrogen (secondary N) is 3. The number of para-hydroxylation sites is 2. The highest BCUT2D eigenvalue weighted by Gasteiger charge is 2.32. The minimum absolute atomic E-state index is 0.0550. The molecule has 2 aromatic heterocycles. The van der Waals surface area contributed by atoms with E-state index in [1.807, 2.05) is 35.8 Å². The number of anilines is 2. The van der Waals surface area contributed by atoms with Gasteiger partial charge in [-0.1, -0.05) is 48.0 Å². The molecule has 0 saturated heterocycles. The monoisotopic (exact) mass is 723 g/mol. The van der Waals surface area contributed by atoms with E-state index in [2.05, 4.69) is 40.0 Å². The molecular formula is C38H38ClN7O4S. The van der Waals surface area contributed by atoms with Crippen LogP contribution in [0.4, 0.5) is 16.2 Å². The molecule has 6 rings (SSSR count). The number of carbonyl (C=O) groups excluding carboxylic acids is 3. The predicted octanol–water partition coefficient (Wildman–Crippen LogP) is 8.11. The molecule has 1 aliphatic heterocycles. The molecule has 0 saturated carbocycles. The van der Waals surface area contributed by atoms with Gasteiger partial charge in [0.15, 0.2) is 5.82 Å². The van der Waals surface area contributed by atoms with Gasteiger partial charge in [-0.3, -0.25) is 24.5 Å². The molecule has 0 spiro atoms. The van der Waals surface area contributed by atoms with E-state index < -0.39 is 17.7 Å². The average molecular weight is 724 g/mol. The van der Waals surface area contributed by atoms with Gasteiger partial charge in [-0.25, -0.2) is 4.79 Å². The number of aryl methyl sites for hydroxylation is 2. The van der Waals surface area contributed by atoms with Crippen LogP contribution < -0.4 is 16.0 Å². The van der Waals surface area contributed by atoms with Gasteiger partial charge in [0.2, 0.25) is 5.91 Å². The van der Waals surface area contributed by atoms with Crippen molar-refractivity contribution in [1.29, 1.82) is 0 Å². The SMILES string of the molecule is Cc1sc2c(c1C)C(c1ccc(Cl)cc1)=N[C@@H](CC(=O)NCc1ccc(C(=O)Nc3ccccc3NC(=O)OC(C)(C)C)cc1)c1nnc(C)n1-2. The summed E-state index contributed by atoms with van der Waals surface area (Å²) in [6.07, 6.45) is -0.568. The number of halogens is 1. The van der Waals surface area contributed by atoms with Gasteiger partial charge in [-0.2, -0.15) is 0 Å². The molecule has 3 heterocycles. The molecule has 0 fully saturated rings. The van der Waals surface area contributed by atoms with E-state index in [0.717, 1.165) is 38.8 Å². The Hall–Kier alpha value is -5.33. The van der Waals surface area contributed by atoms with Gasteiger partial charge in [-0.15, -0.1) is 21.5 Å². The third-order valence-electron chi connectivity index (χ3n) is 8.25. The summed E-state index contributed by atoms with van der Waals surface area (Å²) in [5.41, 5.74) is 5.19. The Morgan fingerprint density at radius 3 is 2.24 bits per heavy atom. The smallest absolute Gasteiger partial charge is 0.412 e. The lowest BCUT2D eigenvalue weighted by Crippen LogP contribution is -2.27. The van der Waals surface area contributed by atoms with Crippen LogP contribution in [-0.4, -0.2) is 44.0 Å². The maximum Gasteiger partial charge on any atom is 0.412 e. The number of aromatic nitrogens is 3. The van der Waals surface area contributed by atoms with Gasteiger partial charge in [-0.05, 0) is 89.1 Å². The van der Waals surface area contributed by atoms with E-state index in [9.17, 15) is 14.4 Å². The number of ether oxygens (including phenoxy) is 1. The topological polar surface area (TPSA) is 140 Å². The maximum atomic E-state index is 13.4. The highest BCUT2D eigenvalue weighted by Crippen LogP contribution is 2.39. The fourth-order valence-electron chi connectivity index (χ4n) is 5.66. The predicted molar refractivity (Wildman–Crippen MR) is 200 cm³/mol. The summed E-state index contributed by atoms with van der Waals surface area (Å²) >= 11 is 7.88. The van der Waals surface area contributed by atoms with Crippen molar-refractivity contribution in [3.8, 4) is 5.00 Å². The molecule has 0 radical (unpaired) electrons. The van der Waals surface area contributed by atoms with Crippen LogP contribution in [0.1, 0.15) is 82.4 Å². The molecule has 11 nitrogen and oxygen atoms in total. The minimum atomic E-state index is -0.665. The van der Waals surface area contributed by atoms with Crippen LogP contribution in [0.5, 0.6) is 0 Å². The second kappa shape index (κ2) is 14.5.